The van der Waals surface area contributed by atoms with E-state index in [1.165, 1.54) is 24.0 Å². The highest BCUT2D eigenvalue weighted by Gasteiger charge is 2.16. The summed E-state index contributed by atoms with van der Waals surface area (Å²) in [5.74, 6) is 0.359. The molecule has 25 heavy (non-hydrogen) atoms. The van der Waals surface area contributed by atoms with E-state index in [9.17, 15) is 4.21 Å². The zero-order valence-corrected chi connectivity index (χ0v) is 16.5. The van der Waals surface area contributed by atoms with Crippen LogP contribution in [-0.4, -0.2) is 4.21 Å². The van der Waals surface area contributed by atoms with Gasteiger partial charge < -0.3 is 0 Å². The summed E-state index contributed by atoms with van der Waals surface area (Å²) in [5, 5.41) is 0. The first-order chi connectivity index (χ1) is 12.1. The van der Waals surface area contributed by atoms with E-state index in [0.29, 0.717) is 5.92 Å². The highest BCUT2D eigenvalue weighted by atomic mass is 32.2. The van der Waals surface area contributed by atoms with Gasteiger partial charge in [-0.05, 0) is 49.8 Å². The molecule has 0 fully saturated rings. The first-order valence-electron chi connectivity index (χ1n) is 9.34. The fourth-order valence-electron chi connectivity index (χ4n) is 2.94. The Morgan fingerprint density at radius 3 is 2.40 bits per heavy atom. The molecule has 0 spiro atoms. The van der Waals surface area contributed by atoms with E-state index in [1.807, 2.05) is 30.3 Å². The van der Waals surface area contributed by atoms with E-state index >= 15 is 0 Å². The topological polar surface area (TPSA) is 17.1 Å². The van der Waals surface area contributed by atoms with Crippen LogP contribution in [-0.2, 0) is 17.2 Å². The maximum atomic E-state index is 13.1. The first kappa shape index (κ1) is 19.7. The monoisotopic (exact) mass is 354 g/mol. The van der Waals surface area contributed by atoms with E-state index in [1.54, 1.807) is 0 Å². The Morgan fingerprint density at radius 2 is 1.76 bits per heavy atom. The molecule has 0 heterocycles. The Kier molecular flexibility index (Phi) is 8.14. The second-order valence-electron chi connectivity index (χ2n) is 6.76. The molecule has 0 amide bonds. The molecular formula is C23H30OS. The molecule has 0 unspecified atom stereocenters. The van der Waals surface area contributed by atoms with Crippen LogP contribution in [0.2, 0.25) is 0 Å². The molecule has 0 saturated carbocycles. The van der Waals surface area contributed by atoms with Gasteiger partial charge in [-0.3, -0.25) is 0 Å². The summed E-state index contributed by atoms with van der Waals surface area (Å²) >= 11 is 0. The number of allylic oxidation sites excluding steroid dienone is 2. The van der Waals surface area contributed by atoms with Crippen molar-refractivity contribution in [3.05, 3.63) is 76.7 Å². The molecule has 2 rings (SSSR count). The van der Waals surface area contributed by atoms with Gasteiger partial charge in [0.2, 0.25) is 0 Å². The number of benzene rings is 2. The van der Waals surface area contributed by atoms with Crippen molar-refractivity contribution in [1.82, 2.24) is 0 Å². The highest BCUT2D eigenvalue weighted by Crippen LogP contribution is 2.26. The third-order valence-corrected chi connectivity index (χ3v) is 6.24. The smallest absolute Gasteiger partial charge is 0.0807 e. The molecule has 0 bridgehead atoms. The zero-order valence-electron chi connectivity index (χ0n) is 15.7. The SMILES string of the molecule is CCCC[C@H](C)/C(=C/CCc1ccccc1)[S@@](=O)c1ccc(C)cc1. The predicted molar refractivity (Wildman–Crippen MR) is 109 cm³/mol. The minimum absolute atomic E-state index is 0.359. The van der Waals surface area contributed by atoms with E-state index in [-0.39, 0.29) is 0 Å². The highest BCUT2D eigenvalue weighted by molar-refractivity contribution is 7.89. The molecule has 2 aromatic rings. The van der Waals surface area contributed by atoms with Crippen molar-refractivity contribution in [2.45, 2.75) is 57.8 Å². The second kappa shape index (κ2) is 10.4. The molecule has 0 N–H and O–H groups in total. The van der Waals surface area contributed by atoms with Gasteiger partial charge in [0.25, 0.3) is 0 Å². The Bertz CT molecular complexity index is 686. The summed E-state index contributed by atoms with van der Waals surface area (Å²) < 4.78 is 13.1. The maximum Gasteiger partial charge on any atom is 0.0807 e. The van der Waals surface area contributed by atoms with Gasteiger partial charge in [0.1, 0.15) is 0 Å². The van der Waals surface area contributed by atoms with E-state index in [0.717, 1.165) is 29.1 Å². The summed E-state index contributed by atoms with van der Waals surface area (Å²) in [5.41, 5.74) is 2.54. The number of hydrogen-bond acceptors (Lipinski definition) is 1. The van der Waals surface area contributed by atoms with Gasteiger partial charge in [-0.2, -0.15) is 0 Å². The molecule has 2 heteroatoms. The summed E-state index contributed by atoms with van der Waals surface area (Å²) in [4.78, 5) is 2.01. The Balaban J connectivity index is 2.15. The molecule has 0 aliphatic carbocycles. The minimum atomic E-state index is -1.06. The zero-order chi connectivity index (χ0) is 18.1. The van der Waals surface area contributed by atoms with Crippen molar-refractivity contribution >= 4 is 10.8 Å². The first-order valence-corrected chi connectivity index (χ1v) is 10.5. The van der Waals surface area contributed by atoms with Gasteiger partial charge in [-0.1, -0.05) is 80.8 Å². The average Bonchev–Trinajstić information content (AvgIpc) is 2.64. The number of hydrogen-bond donors (Lipinski definition) is 0. The fraction of sp³-hybridized carbons (Fsp3) is 0.391. The summed E-state index contributed by atoms with van der Waals surface area (Å²) in [6.45, 7) is 6.49. The van der Waals surface area contributed by atoms with Crippen LogP contribution in [0, 0.1) is 12.8 Å². The van der Waals surface area contributed by atoms with Crippen LogP contribution in [0.5, 0.6) is 0 Å². The molecule has 2 atom stereocenters. The Labute approximate surface area is 155 Å². The van der Waals surface area contributed by atoms with Crippen molar-refractivity contribution in [1.29, 1.82) is 0 Å². The fourth-order valence-corrected chi connectivity index (χ4v) is 4.34. The van der Waals surface area contributed by atoms with Crippen LogP contribution in [0.15, 0.2) is 70.5 Å². The lowest BCUT2D eigenvalue weighted by Crippen LogP contribution is -2.07. The van der Waals surface area contributed by atoms with Gasteiger partial charge in [0.05, 0.1) is 10.8 Å². The van der Waals surface area contributed by atoms with Gasteiger partial charge in [0.15, 0.2) is 0 Å². The van der Waals surface area contributed by atoms with Gasteiger partial charge in [-0.25, -0.2) is 4.21 Å². The van der Waals surface area contributed by atoms with Crippen LogP contribution in [0.3, 0.4) is 0 Å². The van der Waals surface area contributed by atoms with Crippen LogP contribution >= 0.6 is 0 Å². The number of rotatable bonds is 9. The molecule has 0 saturated heterocycles. The number of unbranched alkanes of at least 4 members (excludes halogenated alkanes) is 1. The molecule has 0 aliphatic rings. The molecule has 134 valence electrons. The van der Waals surface area contributed by atoms with Crippen LogP contribution in [0.25, 0.3) is 0 Å². The van der Waals surface area contributed by atoms with E-state index in [4.69, 9.17) is 0 Å². The molecule has 1 nitrogen and oxygen atoms in total. The lowest BCUT2D eigenvalue weighted by molar-refractivity contribution is 0.583. The largest absolute Gasteiger partial charge is 0.249 e. The van der Waals surface area contributed by atoms with Crippen molar-refractivity contribution in [2.75, 3.05) is 0 Å². The van der Waals surface area contributed by atoms with Crippen LogP contribution in [0.4, 0.5) is 0 Å². The molecule has 0 aromatic heterocycles. The van der Waals surface area contributed by atoms with Crippen molar-refractivity contribution in [3.63, 3.8) is 0 Å². The van der Waals surface area contributed by atoms with Crippen molar-refractivity contribution < 1.29 is 4.21 Å². The quantitative estimate of drug-likeness (QED) is 0.506. The maximum absolute atomic E-state index is 13.1. The van der Waals surface area contributed by atoms with Gasteiger partial charge >= 0.3 is 0 Å². The third kappa shape index (κ3) is 6.28. The molecule has 0 radical (unpaired) electrons. The second-order valence-corrected chi connectivity index (χ2v) is 8.24. The number of aryl methyl sites for hydroxylation is 2. The van der Waals surface area contributed by atoms with E-state index < -0.39 is 10.8 Å². The molecular weight excluding hydrogens is 324 g/mol. The minimum Gasteiger partial charge on any atom is -0.249 e. The Hall–Kier alpha value is -1.67. The lowest BCUT2D eigenvalue weighted by Gasteiger charge is -2.16. The summed E-state index contributed by atoms with van der Waals surface area (Å²) in [6.07, 6.45) is 7.62. The third-order valence-electron chi connectivity index (χ3n) is 4.55. The Morgan fingerprint density at radius 1 is 1.08 bits per heavy atom. The van der Waals surface area contributed by atoms with Gasteiger partial charge in [-0.15, -0.1) is 0 Å². The molecule has 2 aromatic carbocycles. The van der Waals surface area contributed by atoms with Crippen molar-refractivity contribution in [3.8, 4) is 0 Å². The lowest BCUT2D eigenvalue weighted by atomic mass is 10.0. The average molecular weight is 355 g/mol. The van der Waals surface area contributed by atoms with Crippen LogP contribution in [0.1, 0.15) is 50.7 Å². The normalized spacial score (nSPS) is 14.3. The summed E-state index contributed by atoms with van der Waals surface area (Å²) in [7, 11) is -1.06. The molecule has 0 aliphatic heterocycles. The van der Waals surface area contributed by atoms with Gasteiger partial charge in [0, 0.05) is 9.80 Å². The van der Waals surface area contributed by atoms with E-state index in [2.05, 4.69) is 51.1 Å². The summed E-state index contributed by atoms with van der Waals surface area (Å²) in [6, 6.07) is 18.6. The standard InChI is InChI=1S/C23H30OS/c1-4-5-10-20(3)23(14-9-13-21-11-7-6-8-12-21)25(24)22-17-15-19(2)16-18-22/h6-8,11-12,14-18,20H,4-5,9-10,13H2,1-3H3/b23-14-/t20-,25-/m0/s1. The predicted octanol–water partition coefficient (Wildman–Crippen LogP) is 6.45. The van der Waals surface area contributed by atoms with Crippen molar-refractivity contribution in [2.24, 2.45) is 5.92 Å². The van der Waals surface area contributed by atoms with Crippen LogP contribution < -0.4 is 0 Å².